The number of amides is 1. The van der Waals surface area contributed by atoms with E-state index in [4.69, 9.17) is 8.83 Å². The van der Waals surface area contributed by atoms with E-state index in [9.17, 15) is 9.59 Å². The number of nitrogens with zero attached hydrogens (tertiary/aromatic N) is 1. The van der Waals surface area contributed by atoms with Gasteiger partial charge < -0.3 is 14.2 Å². The Morgan fingerprint density at radius 3 is 2.60 bits per heavy atom. The molecule has 0 bridgehead atoms. The van der Waals surface area contributed by atoms with Crippen molar-refractivity contribution in [3.63, 3.8) is 0 Å². The molecule has 0 fully saturated rings. The molecule has 0 atom stereocenters. The third-order valence-corrected chi connectivity index (χ3v) is 5.54. The lowest BCUT2D eigenvalue weighted by Crippen LogP contribution is -2.26. The summed E-state index contributed by atoms with van der Waals surface area (Å²) in [6.07, 6.45) is 1.67. The number of hydrogen-bond acceptors (Lipinski definition) is 5. The molecule has 0 unspecified atom stereocenters. The van der Waals surface area contributed by atoms with Gasteiger partial charge in [-0.2, -0.15) is 0 Å². The zero-order valence-corrected chi connectivity index (χ0v) is 17.8. The molecule has 0 saturated carbocycles. The van der Waals surface area contributed by atoms with Crippen molar-refractivity contribution >= 4 is 11.7 Å². The maximum absolute atomic E-state index is 12.7. The number of rotatable bonds is 5. The van der Waals surface area contributed by atoms with Crippen LogP contribution in [0.3, 0.4) is 0 Å². The van der Waals surface area contributed by atoms with Crippen molar-refractivity contribution in [2.24, 2.45) is 5.41 Å². The van der Waals surface area contributed by atoms with Gasteiger partial charge >= 0.3 is 0 Å². The van der Waals surface area contributed by atoms with Crippen LogP contribution in [0.5, 0.6) is 0 Å². The Labute approximate surface area is 175 Å². The Morgan fingerprint density at radius 2 is 1.87 bits per heavy atom. The smallest absolute Gasteiger partial charge is 0.287 e. The van der Waals surface area contributed by atoms with Crippen LogP contribution < -0.4 is 5.32 Å². The Morgan fingerprint density at radius 1 is 1.13 bits per heavy atom. The van der Waals surface area contributed by atoms with Gasteiger partial charge in [-0.1, -0.05) is 32.0 Å². The van der Waals surface area contributed by atoms with Gasteiger partial charge in [0.05, 0.1) is 11.3 Å². The molecule has 3 aromatic rings. The first-order valence-corrected chi connectivity index (χ1v) is 10.2. The van der Waals surface area contributed by atoms with Crippen molar-refractivity contribution in [3.8, 4) is 11.5 Å². The molecule has 1 aromatic carbocycles. The summed E-state index contributed by atoms with van der Waals surface area (Å²) >= 11 is 0. The maximum atomic E-state index is 12.7. The fourth-order valence-corrected chi connectivity index (χ4v) is 4.04. The van der Waals surface area contributed by atoms with Crippen molar-refractivity contribution in [1.82, 2.24) is 10.3 Å². The van der Waals surface area contributed by atoms with Crippen molar-refractivity contribution in [2.45, 2.75) is 47.0 Å². The van der Waals surface area contributed by atoms with Gasteiger partial charge in [0, 0.05) is 36.9 Å². The third-order valence-electron chi connectivity index (χ3n) is 5.54. The van der Waals surface area contributed by atoms with Crippen molar-refractivity contribution < 1.29 is 18.4 Å². The molecule has 156 valence electrons. The number of oxazole rings is 1. The first-order chi connectivity index (χ1) is 14.2. The number of hydrogen-bond donors (Lipinski definition) is 1. The van der Waals surface area contributed by atoms with E-state index in [2.05, 4.69) is 10.3 Å². The van der Waals surface area contributed by atoms with Gasteiger partial charge in [0.15, 0.2) is 11.5 Å². The minimum atomic E-state index is -0.308. The predicted octanol–water partition coefficient (Wildman–Crippen LogP) is 4.68. The molecule has 1 amide bonds. The van der Waals surface area contributed by atoms with Gasteiger partial charge in [-0.05, 0) is 31.4 Å². The zero-order valence-electron chi connectivity index (χ0n) is 17.8. The van der Waals surface area contributed by atoms with Crippen molar-refractivity contribution in [1.29, 1.82) is 0 Å². The molecule has 0 spiro atoms. The van der Waals surface area contributed by atoms with E-state index in [0.29, 0.717) is 48.6 Å². The SMILES string of the molecule is Cc1oc(-c2ccccc2)nc1CCNC(=O)c1oc2c(c1C)C(=O)CC(C)(C)C2. The van der Waals surface area contributed by atoms with E-state index in [1.54, 1.807) is 6.92 Å². The van der Waals surface area contributed by atoms with Crippen molar-refractivity contribution in [2.75, 3.05) is 6.54 Å². The standard InChI is InChI=1S/C24H26N2O4/c1-14-20-18(27)12-24(3,4)13-19(20)30-21(14)22(28)25-11-10-17-15(2)29-23(26-17)16-8-6-5-7-9-16/h5-9H,10-13H2,1-4H3,(H,25,28). The second-order valence-corrected chi connectivity index (χ2v) is 8.69. The topological polar surface area (TPSA) is 85.3 Å². The molecule has 1 aliphatic rings. The number of furan rings is 1. The molecule has 0 aliphatic heterocycles. The molecule has 6 heteroatoms. The third kappa shape index (κ3) is 3.82. The highest BCUT2D eigenvalue weighted by atomic mass is 16.4. The van der Waals surface area contributed by atoms with E-state index in [1.165, 1.54) is 0 Å². The Bertz CT molecular complexity index is 1110. The highest BCUT2D eigenvalue weighted by Crippen LogP contribution is 2.38. The predicted molar refractivity (Wildman–Crippen MR) is 113 cm³/mol. The quantitative estimate of drug-likeness (QED) is 0.665. The lowest BCUT2D eigenvalue weighted by Gasteiger charge is -2.27. The van der Waals surface area contributed by atoms with Gasteiger partial charge in [-0.25, -0.2) is 4.98 Å². The van der Waals surface area contributed by atoms with E-state index in [1.807, 2.05) is 51.1 Å². The van der Waals surface area contributed by atoms with Crippen LogP contribution in [0, 0.1) is 19.3 Å². The fraction of sp³-hybridized carbons (Fsp3) is 0.375. The summed E-state index contributed by atoms with van der Waals surface area (Å²) in [5.74, 6) is 1.91. The first kappa shape index (κ1) is 20.1. The summed E-state index contributed by atoms with van der Waals surface area (Å²) in [4.78, 5) is 29.8. The molecule has 0 radical (unpaired) electrons. The highest BCUT2D eigenvalue weighted by Gasteiger charge is 2.37. The van der Waals surface area contributed by atoms with Crippen molar-refractivity contribution in [3.05, 3.63) is 64.4 Å². The largest absolute Gasteiger partial charge is 0.455 e. The first-order valence-electron chi connectivity index (χ1n) is 10.2. The second kappa shape index (κ2) is 7.59. The molecule has 30 heavy (non-hydrogen) atoms. The molecule has 2 aromatic heterocycles. The molecular formula is C24H26N2O4. The van der Waals surface area contributed by atoms with E-state index in [0.717, 1.165) is 17.0 Å². The zero-order chi connectivity index (χ0) is 21.5. The fourth-order valence-electron chi connectivity index (χ4n) is 4.04. The lowest BCUT2D eigenvalue weighted by atomic mass is 9.76. The van der Waals surface area contributed by atoms with Gasteiger partial charge in [0.25, 0.3) is 5.91 Å². The Balaban J connectivity index is 1.43. The molecule has 4 rings (SSSR count). The van der Waals surface area contributed by atoms with Crippen LogP contribution in [-0.2, 0) is 12.8 Å². The number of fused-ring (bicyclic) bond motifs is 1. The van der Waals surface area contributed by atoms with Crippen LogP contribution in [0.15, 0.2) is 39.2 Å². The van der Waals surface area contributed by atoms with Gasteiger partial charge in [-0.15, -0.1) is 0 Å². The van der Waals surface area contributed by atoms with E-state index >= 15 is 0 Å². The van der Waals surface area contributed by atoms with Gasteiger partial charge in [-0.3, -0.25) is 9.59 Å². The number of ketones is 1. The number of carbonyl (C=O) groups excluding carboxylic acids is 2. The molecule has 0 saturated heterocycles. The van der Waals surface area contributed by atoms with Gasteiger partial charge in [0.1, 0.15) is 11.5 Å². The van der Waals surface area contributed by atoms with Crippen LogP contribution in [0.25, 0.3) is 11.5 Å². The highest BCUT2D eigenvalue weighted by molar-refractivity contribution is 6.03. The van der Waals surface area contributed by atoms with E-state index < -0.39 is 0 Å². The molecule has 1 aliphatic carbocycles. The molecule has 1 N–H and O–H groups in total. The molecule has 2 heterocycles. The molecular weight excluding hydrogens is 380 g/mol. The van der Waals surface area contributed by atoms with Crippen LogP contribution in [-0.4, -0.2) is 23.2 Å². The lowest BCUT2D eigenvalue weighted by molar-refractivity contribution is 0.0889. The Hall–Kier alpha value is -3.15. The van der Waals surface area contributed by atoms with E-state index in [-0.39, 0.29) is 22.9 Å². The normalized spacial score (nSPS) is 15.1. The number of carbonyl (C=O) groups is 2. The average molecular weight is 406 g/mol. The maximum Gasteiger partial charge on any atom is 0.287 e. The summed E-state index contributed by atoms with van der Waals surface area (Å²) in [6, 6.07) is 9.71. The minimum absolute atomic E-state index is 0.0493. The number of aromatic nitrogens is 1. The number of aryl methyl sites for hydroxylation is 1. The monoisotopic (exact) mass is 406 g/mol. The summed E-state index contributed by atoms with van der Waals surface area (Å²) in [7, 11) is 0. The summed E-state index contributed by atoms with van der Waals surface area (Å²) < 4.78 is 11.6. The summed E-state index contributed by atoms with van der Waals surface area (Å²) in [5.41, 5.74) is 2.79. The number of nitrogens with one attached hydrogen (secondary N) is 1. The number of Topliss-reactive ketones (excluding diaryl/α,β-unsaturated/α-hetero) is 1. The summed E-state index contributed by atoms with van der Waals surface area (Å²) in [5, 5.41) is 2.88. The van der Waals surface area contributed by atoms with Crippen LogP contribution >= 0.6 is 0 Å². The minimum Gasteiger partial charge on any atom is -0.455 e. The average Bonchev–Trinajstić information content (AvgIpc) is 3.21. The Kier molecular flexibility index (Phi) is 5.10. The van der Waals surface area contributed by atoms with Crippen LogP contribution in [0.2, 0.25) is 0 Å². The number of benzene rings is 1. The molecule has 6 nitrogen and oxygen atoms in total. The van der Waals surface area contributed by atoms with Crippen LogP contribution in [0.1, 0.15) is 64.0 Å². The second-order valence-electron chi connectivity index (χ2n) is 8.69. The summed E-state index contributed by atoms with van der Waals surface area (Å²) in [6.45, 7) is 8.12. The van der Waals surface area contributed by atoms with Gasteiger partial charge in [0.2, 0.25) is 5.89 Å². The van der Waals surface area contributed by atoms with Crippen LogP contribution in [0.4, 0.5) is 0 Å².